The van der Waals surface area contributed by atoms with Gasteiger partial charge in [-0.3, -0.25) is 14.9 Å². The van der Waals surface area contributed by atoms with Gasteiger partial charge in [-0.2, -0.15) is 0 Å². The molecule has 0 radical (unpaired) electrons. The number of nitrogens with zero attached hydrogens (tertiary/aromatic N) is 2. The number of thiazole rings is 1. The number of hydrogen-bond donors (Lipinski definition) is 1. The number of hydrogen-bond acceptors (Lipinski definition) is 7. The van der Waals surface area contributed by atoms with Gasteiger partial charge in [-0.15, -0.1) is 11.3 Å². The molecule has 0 unspecified atom stereocenters. The van der Waals surface area contributed by atoms with Gasteiger partial charge in [-0.25, -0.2) is 4.98 Å². The third kappa shape index (κ3) is 2.79. The van der Waals surface area contributed by atoms with E-state index in [4.69, 9.17) is 0 Å². The molecule has 1 heterocycles. The van der Waals surface area contributed by atoms with Crippen LogP contribution in [0.1, 0.15) is 6.42 Å². The molecule has 7 nitrogen and oxygen atoms in total. The Labute approximate surface area is 112 Å². The van der Waals surface area contributed by atoms with Crippen molar-refractivity contribution >= 4 is 38.9 Å². The van der Waals surface area contributed by atoms with Gasteiger partial charge in [0.25, 0.3) is 0 Å². The molecule has 0 atom stereocenters. The van der Waals surface area contributed by atoms with Crippen LogP contribution in [0.3, 0.4) is 0 Å². The zero-order valence-corrected chi connectivity index (χ0v) is 10.9. The predicted molar refractivity (Wildman–Crippen MR) is 71.4 cm³/mol. The van der Waals surface area contributed by atoms with Crippen molar-refractivity contribution in [1.82, 2.24) is 4.98 Å². The molecule has 1 aromatic heterocycles. The van der Waals surface area contributed by atoms with Gasteiger partial charge in [-0.05, 0) is 12.1 Å². The van der Waals surface area contributed by atoms with Crippen LogP contribution >= 0.6 is 11.3 Å². The number of carbonyl (C=O) groups is 1. The highest BCUT2D eigenvalue weighted by molar-refractivity contribution is 7.16. The average molecular weight is 281 g/mol. The fourth-order valence-electron chi connectivity index (χ4n) is 1.65. The lowest BCUT2D eigenvalue weighted by atomic mass is 10.2. The van der Waals surface area contributed by atoms with Gasteiger partial charge < -0.3 is 10.1 Å². The Morgan fingerprint density at radius 2 is 2.37 bits per heavy atom. The molecule has 8 heteroatoms. The molecule has 0 spiro atoms. The molecule has 0 aliphatic carbocycles. The van der Waals surface area contributed by atoms with Crippen molar-refractivity contribution in [1.29, 1.82) is 0 Å². The number of rotatable bonds is 5. The molecule has 2 aromatic rings. The van der Waals surface area contributed by atoms with Crippen LogP contribution in [-0.2, 0) is 9.53 Å². The van der Waals surface area contributed by atoms with Gasteiger partial charge in [-0.1, -0.05) is 0 Å². The first-order valence-corrected chi connectivity index (χ1v) is 6.32. The van der Waals surface area contributed by atoms with E-state index in [2.05, 4.69) is 15.0 Å². The first-order chi connectivity index (χ1) is 9.13. The second-order valence-electron chi connectivity index (χ2n) is 3.67. The van der Waals surface area contributed by atoms with Gasteiger partial charge in [0.2, 0.25) is 0 Å². The summed E-state index contributed by atoms with van der Waals surface area (Å²) in [4.78, 5) is 25.6. The van der Waals surface area contributed by atoms with Crippen molar-refractivity contribution < 1.29 is 14.5 Å². The maximum absolute atomic E-state index is 11.1. The number of ether oxygens (including phenoxy) is 1. The van der Waals surface area contributed by atoms with Crippen molar-refractivity contribution in [2.24, 2.45) is 0 Å². The summed E-state index contributed by atoms with van der Waals surface area (Å²) in [6.45, 7) is 0.267. The van der Waals surface area contributed by atoms with E-state index in [-0.39, 0.29) is 24.6 Å². The molecule has 1 N–H and O–H groups in total. The number of nitro groups is 1. The van der Waals surface area contributed by atoms with E-state index in [0.717, 1.165) is 4.70 Å². The molecule has 0 fully saturated rings. The first-order valence-electron chi connectivity index (χ1n) is 5.44. The molecular formula is C11H11N3O4S. The van der Waals surface area contributed by atoms with Crippen molar-refractivity contribution in [3.63, 3.8) is 0 Å². The second-order valence-corrected chi connectivity index (χ2v) is 4.56. The average Bonchev–Trinajstić information content (AvgIpc) is 2.85. The van der Waals surface area contributed by atoms with Gasteiger partial charge in [0.05, 0.1) is 28.7 Å². The molecule has 2 rings (SSSR count). The number of carbonyl (C=O) groups excluding carboxylic acids is 1. The lowest BCUT2D eigenvalue weighted by Gasteiger charge is -2.06. The number of esters is 1. The Hall–Kier alpha value is -2.22. The summed E-state index contributed by atoms with van der Waals surface area (Å²) >= 11 is 1.34. The Balaban J connectivity index is 2.24. The van der Waals surface area contributed by atoms with Crippen LogP contribution in [0.15, 0.2) is 17.6 Å². The lowest BCUT2D eigenvalue weighted by molar-refractivity contribution is -0.382. The number of fused-ring (bicyclic) bond motifs is 1. The topological polar surface area (TPSA) is 94.4 Å². The molecule has 0 aliphatic rings. The quantitative estimate of drug-likeness (QED) is 0.513. The van der Waals surface area contributed by atoms with Crippen molar-refractivity contribution in [2.45, 2.75) is 6.42 Å². The fourth-order valence-corrected chi connectivity index (χ4v) is 2.32. The SMILES string of the molecule is COC(=O)CCNc1ccc2scnc2c1[N+](=O)[O-]. The smallest absolute Gasteiger partial charge is 0.319 e. The number of aromatic nitrogens is 1. The van der Waals surface area contributed by atoms with Crippen LogP contribution in [0.2, 0.25) is 0 Å². The summed E-state index contributed by atoms with van der Waals surface area (Å²) < 4.78 is 5.26. The minimum atomic E-state index is -0.470. The van der Waals surface area contributed by atoms with Crippen LogP contribution in [0.5, 0.6) is 0 Å². The summed E-state index contributed by atoms with van der Waals surface area (Å²) in [6.07, 6.45) is 0.142. The number of nitro benzene ring substituents is 1. The van der Waals surface area contributed by atoms with Crippen molar-refractivity contribution in [3.8, 4) is 0 Å². The third-order valence-electron chi connectivity index (χ3n) is 2.53. The van der Waals surface area contributed by atoms with Gasteiger partial charge in [0.15, 0.2) is 5.52 Å². The molecule has 1 aromatic carbocycles. The van der Waals surface area contributed by atoms with Crippen LogP contribution in [0.25, 0.3) is 10.2 Å². The standard InChI is InChI=1S/C11H11N3O4S/c1-18-9(15)4-5-12-7-2-3-8-10(13-6-19-8)11(7)14(16)17/h2-3,6,12H,4-5H2,1H3. The highest BCUT2D eigenvalue weighted by Crippen LogP contribution is 2.34. The molecule has 19 heavy (non-hydrogen) atoms. The van der Waals surface area contributed by atoms with Crippen LogP contribution < -0.4 is 5.32 Å². The Morgan fingerprint density at radius 1 is 1.58 bits per heavy atom. The highest BCUT2D eigenvalue weighted by atomic mass is 32.1. The number of anilines is 1. The summed E-state index contributed by atoms with van der Waals surface area (Å²) in [6, 6.07) is 3.39. The highest BCUT2D eigenvalue weighted by Gasteiger charge is 2.20. The molecule has 0 saturated carbocycles. The van der Waals surface area contributed by atoms with Crippen molar-refractivity contribution in [2.75, 3.05) is 19.0 Å². The van der Waals surface area contributed by atoms with Crippen LogP contribution in [0, 0.1) is 10.1 Å². The Bertz CT molecular complexity index is 625. The van der Waals surface area contributed by atoms with Crippen LogP contribution in [0.4, 0.5) is 11.4 Å². The molecule has 0 amide bonds. The zero-order valence-electron chi connectivity index (χ0n) is 10.1. The largest absolute Gasteiger partial charge is 0.469 e. The maximum atomic E-state index is 11.1. The zero-order chi connectivity index (χ0) is 13.8. The minimum absolute atomic E-state index is 0.0661. The van der Waals surface area contributed by atoms with E-state index in [1.165, 1.54) is 18.4 Å². The molecule has 0 saturated heterocycles. The molecular weight excluding hydrogens is 270 g/mol. The number of benzene rings is 1. The molecule has 0 bridgehead atoms. The number of methoxy groups -OCH3 is 1. The van der Waals surface area contributed by atoms with Gasteiger partial charge >= 0.3 is 11.7 Å². The second kappa shape index (κ2) is 5.61. The van der Waals surface area contributed by atoms with E-state index >= 15 is 0 Å². The summed E-state index contributed by atoms with van der Waals surface area (Å²) in [7, 11) is 1.30. The summed E-state index contributed by atoms with van der Waals surface area (Å²) in [5.41, 5.74) is 2.21. The van der Waals surface area contributed by atoms with E-state index < -0.39 is 4.92 Å². The van der Waals surface area contributed by atoms with Crippen molar-refractivity contribution in [3.05, 3.63) is 27.8 Å². The first kappa shape index (κ1) is 13.2. The normalized spacial score (nSPS) is 10.4. The lowest BCUT2D eigenvalue weighted by Crippen LogP contribution is -2.10. The van der Waals surface area contributed by atoms with E-state index in [9.17, 15) is 14.9 Å². The molecule has 100 valence electrons. The Morgan fingerprint density at radius 3 is 3.05 bits per heavy atom. The van der Waals surface area contributed by atoms with Crippen LogP contribution in [-0.4, -0.2) is 29.5 Å². The molecule has 0 aliphatic heterocycles. The fraction of sp³-hybridized carbons (Fsp3) is 0.273. The van der Waals surface area contributed by atoms with E-state index in [0.29, 0.717) is 11.2 Å². The minimum Gasteiger partial charge on any atom is -0.469 e. The third-order valence-corrected chi connectivity index (χ3v) is 3.32. The van der Waals surface area contributed by atoms with E-state index in [1.807, 2.05) is 0 Å². The summed E-state index contributed by atoms with van der Waals surface area (Å²) in [5.74, 6) is -0.370. The Kier molecular flexibility index (Phi) is 3.91. The summed E-state index contributed by atoms with van der Waals surface area (Å²) in [5, 5.41) is 14.0. The van der Waals surface area contributed by atoms with Gasteiger partial charge in [0.1, 0.15) is 5.69 Å². The maximum Gasteiger partial charge on any atom is 0.319 e. The predicted octanol–water partition coefficient (Wildman–Crippen LogP) is 2.18. The van der Waals surface area contributed by atoms with Gasteiger partial charge in [0, 0.05) is 6.54 Å². The number of nitrogens with one attached hydrogen (secondary N) is 1. The monoisotopic (exact) mass is 281 g/mol. The van der Waals surface area contributed by atoms with E-state index in [1.54, 1.807) is 17.6 Å².